The van der Waals surface area contributed by atoms with Gasteiger partial charge in [0.05, 0.1) is 24.5 Å². The molecule has 5 nitrogen and oxygen atoms in total. The van der Waals surface area contributed by atoms with Gasteiger partial charge in [-0.25, -0.2) is 4.98 Å². The Balaban J connectivity index is 2.12. The Morgan fingerprint density at radius 1 is 1.42 bits per heavy atom. The number of aliphatic hydroxyl groups excluding tert-OH is 1. The number of nitrogens with zero attached hydrogens (tertiary/aromatic N) is 2. The van der Waals surface area contributed by atoms with Crippen LogP contribution in [-0.4, -0.2) is 26.2 Å². The summed E-state index contributed by atoms with van der Waals surface area (Å²) >= 11 is 0. The maximum atomic E-state index is 9.05. The number of para-hydroxylation sites is 1. The molecule has 0 fully saturated rings. The number of nitrogens with two attached hydrogens (primary N) is 1. The van der Waals surface area contributed by atoms with Crippen LogP contribution < -0.4 is 5.73 Å². The van der Waals surface area contributed by atoms with E-state index >= 15 is 0 Å². The zero-order valence-corrected chi connectivity index (χ0v) is 10.7. The van der Waals surface area contributed by atoms with Crippen molar-refractivity contribution in [2.75, 3.05) is 6.61 Å². The number of aromatic nitrogens is 3. The van der Waals surface area contributed by atoms with Crippen molar-refractivity contribution in [1.29, 1.82) is 0 Å². The lowest BCUT2D eigenvalue weighted by atomic mass is 10.1. The van der Waals surface area contributed by atoms with Crippen LogP contribution in [-0.2, 0) is 7.05 Å². The molecular weight excluding hydrogens is 240 g/mol. The van der Waals surface area contributed by atoms with Gasteiger partial charge in [0.1, 0.15) is 5.82 Å². The maximum absolute atomic E-state index is 9.05. The predicted octanol–water partition coefficient (Wildman–Crippen LogP) is 1.56. The zero-order chi connectivity index (χ0) is 13.4. The minimum Gasteiger partial charge on any atom is -0.394 e. The molecule has 0 aliphatic rings. The molecule has 0 saturated carbocycles. The third-order valence-electron chi connectivity index (χ3n) is 3.33. The largest absolute Gasteiger partial charge is 0.394 e. The normalized spacial score (nSPS) is 13.0. The summed E-state index contributed by atoms with van der Waals surface area (Å²) < 4.78 is 2.08. The molecule has 1 unspecified atom stereocenters. The van der Waals surface area contributed by atoms with E-state index in [4.69, 9.17) is 10.8 Å². The standard InChI is InChI=1S/C14H16N4O/c1-18-7-10(9-4-2-3-5-13(9)18)12-6-16-14(17-12)11(15)8-19/h2-7,11,19H,8,15H2,1H3,(H,16,17). The van der Waals surface area contributed by atoms with Crippen molar-refractivity contribution >= 4 is 10.9 Å². The molecule has 98 valence electrons. The molecule has 0 radical (unpaired) electrons. The number of rotatable bonds is 3. The lowest BCUT2D eigenvalue weighted by Crippen LogP contribution is -2.15. The van der Waals surface area contributed by atoms with Crippen LogP contribution in [0, 0.1) is 0 Å². The van der Waals surface area contributed by atoms with Crippen molar-refractivity contribution < 1.29 is 5.11 Å². The second kappa shape index (κ2) is 4.53. The molecule has 0 bridgehead atoms. The Bertz CT molecular complexity index is 713. The lowest BCUT2D eigenvalue weighted by Gasteiger charge is -2.02. The Morgan fingerprint density at radius 2 is 2.21 bits per heavy atom. The van der Waals surface area contributed by atoms with E-state index in [-0.39, 0.29) is 6.61 Å². The average Bonchev–Trinajstić information content (AvgIpc) is 3.04. The smallest absolute Gasteiger partial charge is 0.125 e. The molecule has 4 N–H and O–H groups in total. The van der Waals surface area contributed by atoms with Crippen molar-refractivity contribution in [3.63, 3.8) is 0 Å². The van der Waals surface area contributed by atoms with Crippen LogP contribution in [0.1, 0.15) is 11.9 Å². The summed E-state index contributed by atoms with van der Waals surface area (Å²) in [5.74, 6) is 0.602. The number of aromatic amines is 1. The third kappa shape index (κ3) is 1.93. The maximum Gasteiger partial charge on any atom is 0.125 e. The summed E-state index contributed by atoms with van der Waals surface area (Å²) in [6.07, 6.45) is 3.82. The van der Waals surface area contributed by atoms with E-state index in [0.717, 1.165) is 16.6 Å². The van der Waals surface area contributed by atoms with Gasteiger partial charge < -0.3 is 20.4 Å². The van der Waals surface area contributed by atoms with Gasteiger partial charge in [-0.2, -0.15) is 0 Å². The van der Waals surface area contributed by atoms with E-state index in [1.165, 1.54) is 5.52 Å². The van der Waals surface area contributed by atoms with Crippen molar-refractivity contribution in [3.05, 3.63) is 42.5 Å². The lowest BCUT2D eigenvalue weighted by molar-refractivity contribution is 0.264. The number of hydrogen-bond donors (Lipinski definition) is 3. The van der Waals surface area contributed by atoms with Gasteiger partial charge in [0.2, 0.25) is 0 Å². The monoisotopic (exact) mass is 256 g/mol. The Labute approximate surface area is 110 Å². The van der Waals surface area contributed by atoms with Crippen molar-refractivity contribution in [3.8, 4) is 11.3 Å². The summed E-state index contributed by atoms with van der Waals surface area (Å²) in [4.78, 5) is 7.41. The topological polar surface area (TPSA) is 79.9 Å². The van der Waals surface area contributed by atoms with E-state index in [1.54, 1.807) is 6.20 Å². The van der Waals surface area contributed by atoms with Crippen LogP contribution in [0.3, 0.4) is 0 Å². The number of H-pyrrole nitrogens is 1. The van der Waals surface area contributed by atoms with Crippen LogP contribution in [0.5, 0.6) is 0 Å². The molecule has 1 atom stereocenters. The first-order valence-electron chi connectivity index (χ1n) is 6.16. The molecule has 0 spiro atoms. The first-order chi connectivity index (χ1) is 9.20. The molecular formula is C14H16N4O. The summed E-state index contributed by atoms with van der Waals surface area (Å²) in [5.41, 5.74) is 8.92. The van der Waals surface area contributed by atoms with E-state index in [9.17, 15) is 0 Å². The first-order valence-corrected chi connectivity index (χ1v) is 6.16. The van der Waals surface area contributed by atoms with Crippen LogP contribution >= 0.6 is 0 Å². The molecule has 0 amide bonds. The van der Waals surface area contributed by atoms with E-state index in [0.29, 0.717) is 5.82 Å². The van der Waals surface area contributed by atoms with Crippen LogP contribution in [0.25, 0.3) is 22.2 Å². The Hall–Kier alpha value is -2.11. The van der Waals surface area contributed by atoms with Gasteiger partial charge in [-0.05, 0) is 6.07 Å². The van der Waals surface area contributed by atoms with Crippen LogP contribution in [0.4, 0.5) is 0 Å². The summed E-state index contributed by atoms with van der Waals surface area (Å²) in [7, 11) is 2.02. The van der Waals surface area contributed by atoms with Gasteiger partial charge in [-0.15, -0.1) is 0 Å². The van der Waals surface area contributed by atoms with Gasteiger partial charge in [0.25, 0.3) is 0 Å². The molecule has 19 heavy (non-hydrogen) atoms. The summed E-state index contributed by atoms with van der Waals surface area (Å²) in [6.45, 7) is -0.123. The van der Waals surface area contributed by atoms with Gasteiger partial charge in [-0.3, -0.25) is 0 Å². The van der Waals surface area contributed by atoms with Crippen molar-refractivity contribution in [1.82, 2.24) is 14.5 Å². The van der Waals surface area contributed by atoms with Gasteiger partial charge in [0, 0.05) is 29.7 Å². The Morgan fingerprint density at radius 3 is 3.00 bits per heavy atom. The molecule has 5 heteroatoms. The van der Waals surface area contributed by atoms with Gasteiger partial charge >= 0.3 is 0 Å². The van der Waals surface area contributed by atoms with Crippen LogP contribution in [0.2, 0.25) is 0 Å². The fraction of sp³-hybridized carbons (Fsp3) is 0.214. The van der Waals surface area contributed by atoms with E-state index in [1.807, 2.05) is 19.2 Å². The second-order valence-corrected chi connectivity index (χ2v) is 4.64. The highest BCUT2D eigenvalue weighted by Crippen LogP contribution is 2.29. The molecule has 0 saturated heterocycles. The second-order valence-electron chi connectivity index (χ2n) is 4.64. The molecule has 2 heterocycles. The van der Waals surface area contributed by atoms with E-state index < -0.39 is 6.04 Å². The Kier molecular flexibility index (Phi) is 2.85. The minimum absolute atomic E-state index is 0.123. The van der Waals surface area contributed by atoms with Gasteiger partial charge in [-0.1, -0.05) is 18.2 Å². The zero-order valence-electron chi connectivity index (χ0n) is 10.7. The number of imidazole rings is 1. The molecule has 0 aliphatic carbocycles. The molecule has 3 aromatic rings. The predicted molar refractivity (Wildman–Crippen MR) is 74.5 cm³/mol. The summed E-state index contributed by atoms with van der Waals surface area (Å²) in [6, 6.07) is 7.73. The van der Waals surface area contributed by atoms with Crippen LogP contribution in [0.15, 0.2) is 36.7 Å². The number of hydrogen-bond acceptors (Lipinski definition) is 3. The van der Waals surface area contributed by atoms with E-state index in [2.05, 4.69) is 32.9 Å². The quantitative estimate of drug-likeness (QED) is 0.665. The molecule has 2 aromatic heterocycles. The van der Waals surface area contributed by atoms with Gasteiger partial charge in [0.15, 0.2) is 0 Å². The third-order valence-corrected chi connectivity index (χ3v) is 3.33. The number of nitrogens with one attached hydrogen (secondary N) is 1. The number of aliphatic hydroxyl groups is 1. The minimum atomic E-state index is -0.469. The van der Waals surface area contributed by atoms with Crippen molar-refractivity contribution in [2.24, 2.45) is 12.8 Å². The number of fused-ring (bicyclic) bond motifs is 1. The first kappa shape index (κ1) is 12.0. The SMILES string of the molecule is Cn1cc(-c2cnc(C(N)CO)[nH]2)c2ccccc21. The molecule has 3 rings (SSSR count). The molecule has 1 aromatic carbocycles. The highest BCUT2D eigenvalue weighted by Gasteiger charge is 2.13. The summed E-state index contributed by atoms with van der Waals surface area (Å²) in [5, 5.41) is 10.2. The number of benzene rings is 1. The fourth-order valence-corrected chi connectivity index (χ4v) is 2.30. The fourth-order valence-electron chi connectivity index (χ4n) is 2.30. The number of aryl methyl sites for hydroxylation is 1. The molecule has 0 aliphatic heterocycles. The van der Waals surface area contributed by atoms with Crippen molar-refractivity contribution in [2.45, 2.75) is 6.04 Å². The average molecular weight is 256 g/mol. The highest BCUT2D eigenvalue weighted by atomic mass is 16.3. The highest BCUT2D eigenvalue weighted by molar-refractivity contribution is 5.95.